The zero-order valence-electron chi connectivity index (χ0n) is 16.3. The molecular formula is C22H26FN3O. The highest BCUT2D eigenvalue weighted by Crippen LogP contribution is 2.29. The molecule has 0 bridgehead atoms. The Labute approximate surface area is 159 Å². The molecule has 0 saturated carbocycles. The maximum absolute atomic E-state index is 13.7. The summed E-state index contributed by atoms with van der Waals surface area (Å²) in [6, 6.07) is 10.3. The van der Waals surface area contributed by atoms with E-state index in [1.54, 1.807) is 12.3 Å². The van der Waals surface area contributed by atoms with Crippen molar-refractivity contribution < 1.29 is 9.13 Å². The zero-order valence-corrected chi connectivity index (χ0v) is 16.3. The fourth-order valence-corrected chi connectivity index (χ4v) is 3.38. The van der Waals surface area contributed by atoms with Crippen molar-refractivity contribution in [2.75, 3.05) is 6.61 Å². The van der Waals surface area contributed by atoms with Crippen LogP contribution in [0.4, 0.5) is 4.39 Å². The zero-order chi connectivity index (χ0) is 19.6. The van der Waals surface area contributed by atoms with Gasteiger partial charge < -0.3 is 10.5 Å². The number of nitrogens with zero attached hydrogens (tertiary/aromatic N) is 2. The topological polar surface area (TPSA) is 61.0 Å². The van der Waals surface area contributed by atoms with Gasteiger partial charge in [-0.3, -0.25) is 4.98 Å². The van der Waals surface area contributed by atoms with Crippen molar-refractivity contribution in [2.45, 2.75) is 39.7 Å². The first-order valence-corrected chi connectivity index (χ1v) is 9.17. The molecule has 0 aliphatic rings. The van der Waals surface area contributed by atoms with Crippen LogP contribution in [0.1, 0.15) is 32.9 Å². The lowest BCUT2D eigenvalue weighted by Crippen LogP contribution is -2.35. The van der Waals surface area contributed by atoms with Gasteiger partial charge in [0.1, 0.15) is 11.6 Å². The van der Waals surface area contributed by atoms with Crippen LogP contribution in [0.5, 0.6) is 5.75 Å². The predicted molar refractivity (Wildman–Crippen MR) is 107 cm³/mol. The number of hydrogen-bond acceptors (Lipinski definition) is 4. The monoisotopic (exact) mass is 367 g/mol. The smallest absolute Gasteiger partial charge is 0.140 e. The van der Waals surface area contributed by atoms with Crippen LogP contribution >= 0.6 is 0 Å². The third kappa shape index (κ3) is 4.80. The first kappa shape index (κ1) is 19.2. The summed E-state index contributed by atoms with van der Waals surface area (Å²) in [5.41, 5.74) is 9.03. The number of pyridine rings is 2. The molecule has 3 rings (SSSR count). The fourth-order valence-electron chi connectivity index (χ4n) is 3.38. The molecule has 142 valence electrons. The second kappa shape index (κ2) is 7.61. The fraction of sp³-hybridized carbons (Fsp3) is 0.364. The Morgan fingerprint density at radius 3 is 2.67 bits per heavy atom. The maximum Gasteiger partial charge on any atom is 0.140 e. The van der Waals surface area contributed by atoms with Crippen molar-refractivity contribution in [1.82, 2.24) is 9.97 Å². The van der Waals surface area contributed by atoms with E-state index in [4.69, 9.17) is 10.5 Å². The molecule has 0 fully saturated rings. The van der Waals surface area contributed by atoms with Gasteiger partial charge in [0.25, 0.3) is 0 Å². The van der Waals surface area contributed by atoms with Crippen LogP contribution in [0.25, 0.3) is 22.2 Å². The van der Waals surface area contributed by atoms with Crippen molar-refractivity contribution in [1.29, 1.82) is 0 Å². The molecule has 0 amide bonds. The quantitative estimate of drug-likeness (QED) is 0.674. The van der Waals surface area contributed by atoms with Crippen molar-refractivity contribution in [3.8, 4) is 17.0 Å². The Morgan fingerprint density at radius 2 is 1.96 bits per heavy atom. The van der Waals surface area contributed by atoms with Crippen LogP contribution in [-0.2, 0) is 0 Å². The largest absolute Gasteiger partial charge is 0.491 e. The average molecular weight is 367 g/mol. The van der Waals surface area contributed by atoms with Crippen LogP contribution in [0.15, 0.2) is 42.6 Å². The van der Waals surface area contributed by atoms with E-state index in [0.29, 0.717) is 12.5 Å². The van der Waals surface area contributed by atoms with E-state index in [9.17, 15) is 4.39 Å². The minimum absolute atomic E-state index is 0.211. The Kier molecular flexibility index (Phi) is 5.42. The van der Waals surface area contributed by atoms with Gasteiger partial charge >= 0.3 is 0 Å². The number of aromatic nitrogens is 2. The van der Waals surface area contributed by atoms with Crippen LogP contribution in [0, 0.1) is 18.7 Å². The second-order valence-electron chi connectivity index (χ2n) is 7.91. The summed E-state index contributed by atoms with van der Waals surface area (Å²) >= 11 is 0. The summed E-state index contributed by atoms with van der Waals surface area (Å²) in [4.78, 5) is 8.97. The molecular weight excluding hydrogens is 341 g/mol. The highest BCUT2D eigenvalue weighted by atomic mass is 19.1. The van der Waals surface area contributed by atoms with E-state index in [0.717, 1.165) is 40.0 Å². The molecule has 0 aliphatic carbocycles. The lowest BCUT2D eigenvalue weighted by molar-refractivity contribution is 0.227. The van der Waals surface area contributed by atoms with Crippen molar-refractivity contribution in [3.63, 3.8) is 0 Å². The summed E-state index contributed by atoms with van der Waals surface area (Å²) in [6.07, 6.45) is 2.60. The van der Waals surface area contributed by atoms with Gasteiger partial charge in [-0.25, -0.2) is 9.37 Å². The number of hydrogen-bond donors (Lipinski definition) is 1. The standard InChI is InChI=1S/C22H26FN3O/c1-14(12-22(3,4)24)13-27-21-8-7-20(26-15(21)2)17-9-10-25-19-6-5-16(23)11-18(17)19/h5-11,14H,12-13,24H2,1-4H3. The van der Waals surface area contributed by atoms with Gasteiger partial charge in [0, 0.05) is 22.7 Å². The van der Waals surface area contributed by atoms with E-state index in [-0.39, 0.29) is 11.4 Å². The van der Waals surface area contributed by atoms with Crippen molar-refractivity contribution in [2.24, 2.45) is 11.7 Å². The summed E-state index contributed by atoms with van der Waals surface area (Å²) < 4.78 is 19.6. The molecule has 3 aromatic rings. The van der Waals surface area contributed by atoms with Crippen molar-refractivity contribution in [3.05, 3.63) is 54.1 Å². The van der Waals surface area contributed by atoms with Gasteiger partial charge in [0.15, 0.2) is 0 Å². The number of fused-ring (bicyclic) bond motifs is 1. The van der Waals surface area contributed by atoms with Gasteiger partial charge in [-0.1, -0.05) is 6.92 Å². The Balaban J connectivity index is 1.82. The summed E-state index contributed by atoms with van der Waals surface area (Å²) in [5.74, 6) is 0.811. The SMILES string of the molecule is Cc1nc(-c2ccnc3ccc(F)cc23)ccc1OCC(C)CC(C)(C)N. The minimum atomic E-state index is -0.287. The molecule has 1 unspecified atom stereocenters. The van der Waals surface area contributed by atoms with Gasteiger partial charge in [0.05, 0.1) is 23.5 Å². The third-order valence-electron chi connectivity index (χ3n) is 4.41. The lowest BCUT2D eigenvalue weighted by Gasteiger charge is -2.23. The molecule has 0 spiro atoms. The third-order valence-corrected chi connectivity index (χ3v) is 4.41. The number of rotatable bonds is 6. The van der Waals surface area contributed by atoms with Crippen LogP contribution in [0.3, 0.4) is 0 Å². The molecule has 1 aromatic carbocycles. The van der Waals surface area contributed by atoms with E-state index < -0.39 is 0 Å². The second-order valence-corrected chi connectivity index (χ2v) is 7.91. The molecule has 2 N–H and O–H groups in total. The van der Waals surface area contributed by atoms with Gasteiger partial charge in [-0.2, -0.15) is 0 Å². The lowest BCUT2D eigenvalue weighted by atomic mass is 9.93. The Hall–Kier alpha value is -2.53. The summed E-state index contributed by atoms with van der Waals surface area (Å²) in [6.45, 7) is 8.68. The number of benzene rings is 1. The van der Waals surface area contributed by atoms with Gasteiger partial charge in [-0.05, 0) is 69.5 Å². The van der Waals surface area contributed by atoms with Crippen LogP contribution < -0.4 is 10.5 Å². The first-order valence-electron chi connectivity index (χ1n) is 9.17. The molecule has 2 heterocycles. The average Bonchev–Trinajstić information content (AvgIpc) is 2.58. The Bertz CT molecular complexity index is 950. The molecule has 5 heteroatoms. The molecule has 2 aromatic heterocycles. The van der Waals surface area contributed by atoms with E-state index in [2.05, 4.69) is 16.9 Å². The molecule has 0 radical (unpaired) electrons. The summed E-state index contributed by atoms with van der Waals surface area (Å²) in [7, 11) is 0. The Morgan fingerprint density at radius 1 is 1.19 bits per heavy atom. The molecule has 1 atom stereocenters. The molecule has 0 aliphatic heterocycles. The van der Waals surface area contributed by atoms with Crippen LogP contribution in [0.2, 0.25) is 0 Å². The first-order chi connectivity index (χ1) is 12.7. The number of halogens is 1. The highest BCUT2D eigenvalue weighted by molar-refractivity contribution is 5.93. The molecule has 4 nitrogen and oxygen atoms in total. The number of aryl methyl sites for hydroxylation is 1. The van der Waals surface area contributed by atoms with E-state index >= 15 is 0 Å². The minimum Gasteiger partial charge on any atom is -0.491 e. The number of nitrogens with two attached hydrogens (primary N) is 1. The van der Waals surface area contributed by atoms with Gasteiger partial charge in [-0.15, -0.1) is 0 Å². The van der Waals surface area contributed by atoms with E-state index in [1.807, 2.05) is 39.0 Å². The van der Waals surface area contributed by atoms with Crippen LogP contribution in [-0.4, -0.2) is 22.1 Å². The normalized spacial score (nSPS) is 13.0. The molecule has 27 heavy (non-hydrogen) atoms. The van der Waals surface area contributed by atoms with Gasteiger partial charge in [0.2, 0.25) is 0 Å². The highest BCUT2D eigenvalue weighted by Gasteiger charge is 2.17. The van der Waals surface area contributed by atoms with Crippen molar-refractivity contribution >= 4 is 10.9 Å². The maximum atomic E-state index is 13.7. The molecule has 0 saturated heterocycles. The number of ether oxygens (including phenoxy) is 1. The summed E-state index contributed by atoms with van der Waals surface area (Å²) in [5, 5.41) is 0.747. The van der Waals surface area contributed by atoms with E-state index in [1.165, 1.54) is 12.1 Å². The predicted octanol–water partition coefficient (Wildman–Crippen LogP) is 4.89.